The zero-order chi connectivity index (χ0) is 15.8. The lowest BCUT2D eigenvalue weighted by atomic mass is 10.1. The number of carbonyl (C=O) groups is 3. The maximum atomic E-state index is 11.7. The highest BCUT2D eigenvalue weighted by Gasteiger charge is 2.12. The number of anilines is 1. The molecule has 7 nitrogen and oxygen atoms in total. The Labute approximate surface area is 121 Å². The Morgan fingerprint density at radius 3 is 2.14 bits per heavy atom. The molecule has 0 atom stereocenters. The predicted octanol–water partition coefficient (Wildman–Crippen LogP) is 1.84. The smallest absolute Gasteiger partial charge is 0.335 e. The summed E-state index contributed by atoms with van der Waals surface area (Å²) in [4.78, 5) is 33.5. The number of amides is 1. The topological polar surface area (TPSA) is 113 Å². The number of hydrogen-bond donors (Lipinski definition) is 3. The van der Waals surface area contributed by atoms with Crippen molar-refractivity contribution in [3.05, 3.63) is 29.3 Å². The Morgan fingerprint density at radius 2 is 1.67 bits per heavy atom. The van der Waals surface area contributed by atoms with Crippen molar-refractivity contribution in [1.29, 1.82) is 0 Å². The highest BCUT2D eigenvalue weighted by molar-refractivity contribution is 5.98. The van der Waals surface area contributed by atoms with Gasteiger partial charge in [0.05, 0.1) is 11.1 Å². The van der Waals surface area contributed by atoms with E-state index in [0.717, 1.165) is 6.07 Å². The van der Waals surface area contributed by atoms with Crippen molar-refractivity contribution in [3.8, 4) is 0 Å². The van der Waals surface area contributed by atoms with Gasteiger partial charge < -0.3 is 20.3 Å². The Bertz CT molecular complexity index is 508. The maximum Gasteiger partial charge on any atom is 0.335 e. The van der Waals surface area contributed by atoms with Gasteiger partial charge in [-0.15, -0.1) is 0 Å². The highest BCUT2D eigenvalue weighted by atomic mass is 16.5. The second kappa shape index (κ2) is 8.01. The molecule has 0 aromatic heterocycles. The van der Waals surface area contributed by atoms with Gasteiger partial charge in [0.2, 0.25) is 5.91 Å². The lowest BCUT2D eigenvalue weighted by molar-refractivity contribution is -0.116. The molecule has 0 fully saturated rings. The van der Waals surface area contributed by atoms with Crippen LogP contribution in [0.3, 0.4) is 0 Å². The van der Waals surface area contributed by atoms with Crippen molar-refractivity contribution in [1.82, 2.24) is 0 Å². The monoisotopic (exact) mass is 295 g/mol. The quantitative estimate of drug-likeness (QED) is 0.631. The molecule has 0 unspecified atom stereocenters. The Hall–Kier alpha value is -2.41. The van der Waals surface area contributed by atoms with Gasteiger partial charge in [0.1, 0.15) is 0 Å². The third kappa shape index (κ3) is 5.62. The van der Waals surface area contributed by atoms with Gasteiger partial charge >= 0.3 is 11.9 Å². The van der Waals surface area contributed by atoms with Crippen molar-refractivity contribution >= 4 is 23.5 Å². The van der Waals surface area contributed by atoms with Crippen LogP contribution >= 0.6 is 0 Å². The van der Waals surface area contributed by atoms with Gasteiger partial charge in [-0.1, -0.05) is 0 Å². The maximum absolute atomic E-state index is 11.7. The molecular weight excluding hydrogens is 278 g/mol. The summed E-state index contributed by atoms with van der Waals surface area (Å²) < 4.78 is 5.10. The van der Waals surface area contributed by atoms with Gasteiger partial charge in [-0.2, -0.15) is 0 Å². The van der Waals surface area contributed by atoms with Crippen LogP contribution in [0.1, 0.15) is 40.5 Å². The van der Waals surface area contributed by atoms with E-state index in [4.69, 9.17) is 14.9 Å². The molecule has 1 amide bonds. The Kier molecular flexibility index (Phi) is 6.35. The first-order valence-electron chi connectivity index (χ1n) is 6.43. The van der Waals surface area contributed by atoms with Gasteiger partial charge in [0.25, 0.3) is 0 Å². The number of carboxylic acid groups (broad SMARTS) is 2. The van der Waals surface area contributed by atoms with E-state index in [9.17, 15) is 14.4 Å². The van der Waals surface area contributed by atoms with Gasteiger partial charge in [0, 0.05) is 25.3 Å². The molecule has 0 bridgehead atoms. The minimum atomic E-state index is -1.26. The summed E-state index contributed by atoms with van der Waals surface area (Å²) in [5, 5.41) is 20.3. The highest BCUT2D eigenvalue weighted by Crippen LogP contribution is 2.16. The van der Waals surface area contributed by atoms with Gasteiger partial charge in [-0.25, -0.2) is 9.59 Å². The van der Waals surface area contributed by atoms with Crippen LogP contribution in [0.5, 0.6) is 0 Å². The third-order valence-corrected chi connectivity index (χ3v) is 2.61. The van der Waals surface area contributed by atoms with Crippen LogP contribution in [0.2, 0.25) is 0 Å². The number of rotatable bonds is 8. The standard InChI is InChI=1S/C14H17NO6/c1-2-21-5-3-4-12(16)15-11-7-9(13(17)18)6-10(8-11)14(19)20/h6-8H,2-5H2,1H3,(H,15,16)(H,17,18)(H,19,20). The second-order valence-corrected chi connectivity index (χ2v) is 4.26. The summed E-state index contributed by atoms with van der Waals surface area (Å²) in [6.45, 7) is 2.88. The van der Waals surface area contributed by atoms with E-state index in [1.165, 1.54) is 12.1 Å². The summed E-state index contributed by atoms with van der Waals surface area (Å²) >= 11 is 0. The molecule has 21 heavy (non-hydrogen) atoms. The molecule has 0 saturated carbocycles. The average Bonchev–Trinajstić information content (AvgIpc) is 2.43. The van der Waals surface area contributed by atoms with Gasteiger partial charge in [-0.3, -0.25) is 4.79 Å². The molecule has 1 aromatic carbocycles. The normalized spacial score (nSPS) is 10.1. The fraction of sp³-hybridized carbons (Fsp3) is 0.357. The van der Waals surface area contributed by atoms with E-state index >= 15 is 0 Å². The van der Waals surface area contributed by atoms with Crippen LogP contribution in [-0.2, 0) is 9.53 Å². The van der Waals surface area contributed by atoms with Crippen molar-refractivity contribution in [3.63, 3.8) is 0 Å². The number of ether oxygens (including phenoxy) is 1. The Morgan fingerprint density at radius 1 is 1.10 bits per heavy atom. The van der Waals surface area contributed by atoms with E-state index < -0.39 is 11.9 Å². The van der Waals surface area contributed by atoms with E-state index in [1.807, 2.05) is 6.92 Å². The van der Waals surface area contributed by atoms with E-state index in [2.05, 4.69) is 5.32 Å². The summed E-state index contributed by atoms with van der Waals surface area (Å²) in [6.07, 6.45) is 0.740. The predicted molar refractivity (Wildman–Crippen MR) is 74.7 cm³/mol. The number of carbonyl (C=O) groups excluding carboxylic acids is 1. The number of carboxylic acids is 2. The molecule has 0 saturated heterocycles. The first kappa shape index (κ1) is 16.6. The molecule has 0 spiro atoms. The number of hydrogen-bond acceptors (Lipinski definition) is 4. The zero-order valence-corrected chi connectivity index (χ0v) is 11.6. The molecule has 0 heterocycles. The fourth-order valence-electron chi connectivity index (χ4n) is 1.65. The van der Waals surface area contributed by atoms with Crippen molar-refractivity contribution < 1.29 is 29.3 Å². The minimum absolute atomic E-state index is 0.147. The summed E-state index contributed by atoms with van der Waals surface area (Å²) in [5.74, 6) is -2.84. The van der Waals surface area contributed by atoms with Crippen LogP contribution in [0, 0.1) is 0 Å². The molecule has 0 aliphatic rings. The molecule has 3 N–H and O–H groups in total. The number of benzene rings is 1. The molecule has 0 aliphatic carbocycles. The van der Waals surface area contributed by atoms with Crippen LogP contribution in [-0.4, -0.2) is 41.3 Å². The molecule has 1 aromatic rings. The largest absolute Gasteiger partial charge is 0.478 e. The van der Waals surface area contributed by atoms with Crippen molar-refractivity contribution in [2.45, 2.75) is 19.8 Å². The number of nitrogens with one attached hydrogen (secondary N) is 1. The van der Waals surface area contributed by atoms with Crippen molar-refractivity contribution in [2.75, 3.05) is 18.5 Å². The van der Waals surface area contributed by atoms with E-state index in [-0.39, 0.29) is 29.1 Å². The van der Waals surface area contributed by atoms with Crippen LogP contribution < -0.4 is 5.32 Å². The van der Waals surface area contributed by atoms with Crippen LogP contribution in [0.25, 0.3) is 0 Å². The molecule has 114 valence electrons. The minimum Gasteiger partial charge on any atom is -0.478 e. The Balaban J connectivity index is 2.75. The zero-order valence-electron chi connectivity index (χ0n) is 11.6. The average molecular weight is 295 g/mol. The van der Waals surface area contributed by atoms with Gasteiger partial charge in [-0.05, 0) is 31.5 Å². The van der Waals surface area contributed by atoms with Crippen LogP contribution in [0.4, 0.5) is 5.69 Å². The first-order valence-corrected chi connectivity index (χ1v) is 6.43. The molecule has 7 heteroatoms. The first-order chi connectivity index (χ1) is 9.93. The summed E-state index contributed by atoms with van der Waals surface area (Å²) in [5.41, 5.74) is -0.243. The van der Waals surface area contributed by atoms with E-state index in [1.54, 1.807) is 0 Å². The lowest BCUT2D eigenvalue weighted by Crippen LogP contribution is -2.14. The van der Waals surface area contributed by atoms with Crippen molar-refractivity contribution in [2.24, 2.45) is 0 Å². The molecule has 0 radical (unpaired) electrons. The SMILES string of the molecule is CCOCCCC(=O)Nc1cc(C(=O)O)cc(C(=O)O)c1. The number of aromatic carboxylic acids is 2. The van der Waals surface area contributed by atoms with Gasteiger partial charge in [0.15, 0.2) is 0 Å². The van der Waals surface area contributed by atoms with E-state index in [0.29, 0.717) is 19.6 Å². The fourth-order valence-corrected chi connectivity index (χ4v) is 1.65. The summed E-state index contributed by atoms with van der Waals surface area (Å²) in [6, 6.07) is 3.47. The summed E-state index contributed by atoms with van der Waals surface area (Å²) in [7, 11) is 0. The molecule has 0 aliphatic heterocycles. The third-order valence-electron chi connectivity index (χ3n) is 2.61. The molecule has 1 rings (SSSR count). The second-order valence-electron chi connectivity index (χ2n) is 4.26. The molecular formula is C14H17NO6. The lowest BCUT2D eigenvalue weighted by Gasteiger charge is -2.08. The van der Waals surface area contributed by atoms with Crippen LogP contribution in [0.15, 0.2) is 18.2 Å².